The number of rotatable bonds is 3. The number of carbonyl (C=O) groups excluding carboxylic acids is 1. The highest BCUT2D eigenvalue weighted by Crippen LogP contribution is 2.37. The van der Waals surface area contributed by atoms with Crippen LogP contribution in [0.2, 0.25) is 0 Å². The zero-order valence-electron chi connectivity index (χ0n) is 12.9. The van der Waals surface area contributed by atoms with Crippen molar-refractivity contribution < 1.29 is 14.7 Å². The van der Waals surface area contributed by atoms with Gasteiger partial charge in [-0.05, 0) is 25.0 Å². The minimum absolute atomic E-state index is 0.0122. The van der Waals surface area contributed by atoms with E-state index in [2.05, 4.69) is 0 Å². The van der Waals surface area contributed by atoms with Crippen molar-refractivity contribution in [1.29, 1.82) is 0 Å². The number of carboxylic acid groups (broad SMARTS) is 1. The van der Waals surface area contributed by atoms with Gasteiger partial charge in [0.25, 0.3) is 0 Å². The molecule has 0 spiro atoms. The Kier molecular flexibility index (Phi) is 4.21. The number of hydrogen-bond donors (Lipinski definition) is 1. The highest BCUT2D eigenvalue weighted by atomic mass is 16.4. The van der Waals surface area contributed by atoms with Gasteiger partial charge in [0.2, 0.25) is 5.91 Å². The first-order chi connectivity index (χ1) is 9.84. The number of aliphatic carboxylic acids is 1. The number of benzene rings is 1. The van der Waals surface area contributed by atoms with E-state index in [1.54, 1.807) is 4.90 Å². The van der Waals surface area contributed by atoms with Crippen LogP contribution in [0.25, 0.3) is 0 Å². The molecular formula is C16H22N2O3. The van der Waals surface area contributed by atoms with E-state index in [-0.39, 0.29) is 24.3 Å². The smallest absolute Gasteiger partial charge is 0.308 e. The van der Waals surface area contributed by atoms with E-state index in [0.717, 1.165) is 11.4 Å². The van der Waals surface area contributed by atoms with Crippen LogP contribution >= 0.6 is 0 Å². The second-order valence-corrected chi connectivity index (χ2v) is 5.93. The molecule has 1 saturated heterocycles. The fraction of sp³-hybridized carbons (Fsp3) is 0.500. The van der Waals surface area contributed by atoms with Gasteiger partial charge in [-0.2, -0.15) is 0 Å². The largest absolute Gasteiger partial charge is 0.481 e. The summed E-state index contributed by atoms with van der Waals surface area (Å²) in [6, 6.07) is 7.23. The molecule has 0 radical (unpaired) electrons. The van der Waals surface area contributed by atoms with Crippen LogP contribution in [0.1, 0.15) is 20.3 Å². The number of hydrogen-bond acceptors (Lipinski definition) is 3. The number of para-hydroxylation sites is 2. The molecule has 0 saturated carbocycles. The highest BCUT2D eigenvalue weighted by molar-refractivity contribution is 5.99. The Morgan fingerprint density at radius 3 is 2.48 bits per heavy atom. The van der Waals surface area contributed by atoms with Gasteiger partial charge >= 0.3 is 5.97 Å². The van der Waals surface area contributed by atoms with Crippen LogP contribution in [-0.2, 0) is 9.59 Å². The third-order valence-electron chi connectivity index (χ3n) is 4.21. The molecule has 1 heterocycles. The first-order valence-electron chi connectivity index (χ1n) is 7.15. The van der Waals surface area contributed by atoms with Gasteiger partial charge in [-0.25, -0.2) is 0 Å². The van der Waals surface area contributed by atoms with Crippen molar-refractivity contribution in [2.75, 3.05) is 23.9 Å². The van der Waals surface area contributed by atoms with Gasteiger partial charge in [0, 0.05) is 26.6 Å². The van der Waals surface area contributed by atoms with E-state index < -0.39 is 11.9 Å². The third kappa shape index (κ3) is 2.73. The van der Waals surface area contributed by atoms with E-state index in [1.807, 2.05) is 57.1 Å². The van der Waals surface area contributed by atoms with Crippen LogP contribution in [0.5, 0.6) is 0 Å². The predicted octanol–water partition coefficient (Wildman–Crippen LogP) is 2.21. The Balaban J connectivity index is 2.47. The molecule has 0 bridgehead atoms. The Morgan fingerprint density at radius 1 is 1.29 bits per heavy atom. The second-order valence-electron chi connectivity index (χ2n) is 5.93. The number of nitrogens with zero attached hydrogens (tertiary/aromatic N) is 2. The van der Waals surface area contributed by atoms with Crippen LogP contribution in [-0.4, -0.2) is 37.1 Å². The fourth-order valence-corrected chi connectivity index (χ4v) is 3.21. The first-order valence-corrected chi connectivity index (χ1v) is 7.15. The van der Waals surface area contributed by atoms with Gasteiger partial charge in [-0.15, -0.1) is 0 Å². The SMILES string of the molecule is CC1CC(=O)N(c2ccccc2N(C)C)C(C)C1C(=O)O. The topological polar surface area (TPSA) is 60.9 Å². The van der Waals surface area contributed by atoms with E-state index in [1.165, 1.54) is 0 Å². The molecule has 2 rings (SSSR count). The van der Waals surface area contributed by atoms with Crippen molar-refractivity contribution in [2.45, 2.75) is 26.3 Å². The molecule has 21 heavy (non-hydrogen) atoms. The van der Waals surface area contributed by atoms with Crippen molar-refractivity contribution in [3.63, 3.8) is 0 Å². The molecule has 1 aliphatic heterocycles. The van der Waals surface area contributed by atoms with Crippen molar-refractivity contribution in [3.05, 3.63) is 24.3 Å². The standard InChI is InChI=1S/C16H22N2O3/c1-10-9-14(19)18(11(2)15(10)16(20)21)13-8-6-5-7-12(13)17(3)4/h5-8,10-11,15H,9H2,1-4H3,(H,20,21). The average molecular weight is 290 g/mol. The normalized spacial score (nSPS) is 25.8. The van der Waals surface area contributed by atoms with Gasteiger partial charge < -0.3 is 14.9 Å². The van der Waals surface area contributed by atoms with E-state index >= 15 is 0 Å². The quantitative estimate of drug-likeness (QED) is 0.927. The van der Waals surface area contributed by atoms with Crippen LogP contribution < -0.4 is 9.80 Å². The lowest BCUT2D eigenvalue weighted by Crippen LogP contribution is -2.53. The minimum atomic E-state index is -0.838. The summed E-state index contributed by atoms with van der Waals surface area (Å²) in [4.78, 5) is 27.6. The van der Waals surface area contributed by atoms with Gasteiger partial charge in [-0.1, -0.05) is 19.1 Å². The highest BCUT2D eigenvalue weighted by Gasteiger charge is 2.42. The average Bonchev–Trinajstić information content (AvgIpc) is 2.37. The molecule has 1 aliphatic rings. The molecular weight excluding hydrogens is 268 g/mol. The van der Waals surface area contributed by atoms with Crippen molar-refractivity contribution >= 4 is 23.3 Å². The maximum absolute atomic E-state index is 12.5. The number of carboxylic acids is 1. The summed E-state index contributed by atoms with van der Waals surface area (Å²) < 4.78 is 0. The Morgan fingerprint density at radius 2 is 1.90 bits per heavy atom. The molecule has 5 heteroatoms. The molecule has 1 aromatic carbocycles. The van der Waals surface area contributed by atoms with Gasteiger partial charge in [0.15, 0.2) is 0 Å². The molecule has 1 amide bonds. The van der Waals surface area contributed by atoms with Gasteiger partial charge in [0.1, 0.15) is 0 Å². The predicted molar refractivity (Wildman–Crippen MR) is 82.6 cm³/mol. The lowest BCUT2D eigenvalue weighted by Gasteiger charge is -2.41. The van der Waals surface area contributed by atoms with Crippen molar-refractivity contribution in [1.82, 2.24) is 0 Å². The van der Waals surface area contributed by atoms with Crippen molar-refractivity contribution in [3.8, 4) is 0 Å². The third-order valence-corrected chi connectivity index (χ3v) is 4.21. The van der Waals surface area contributed by atoms with Crippen LogP contribution in [0, 0.1) is 11.8 Å². The zero-order chi connectivity index (χ0) is 15.7. The Bertz CT molecular complexity index is 556. The van der Waals surface area contributed by atoms with Crippen molar-refractivity contribution in [2.24, 2.45) is 11.8 Å². The summed E-state index contributed by atoms with van der Waals surface area (Å²) in [6.45, 7) is 3.65. The molecule has 0 aliphatic carbocycles. The number of amides is 1. The molecule has 1 fully saturated rings. The van der Waals surface area contributed by atoms with E-state index in [9.17, 15) is 14.7 Å². The molecule has 0 aromatic heterocycles. The summed E-state index contributed by atoms with van der Waals surface area (Å²) >= 11 is 0. The molecule has 3 unspecified atom stereocenters. The van der Waals surface area contributed by atoms with E-state index in [0.29, 0.717) is 0 Å². The molecule has 5 nitrogen and oxygen atoms in total. The first kappa shape index (κ1) is 15.4. The Hall–Kier alpha value is -2.04. The fourth-order valence-electron chi connectivity index (χ4n) is 3.21. The monoisotopic (exact) mass is 290 g/mol. The van der Waals surface area contributed by atoms with Crippen LogP contribution in [0.15, 0.2) is 24.3 Å². The number of anilines is 2. The Labute approximate surface area is 125 Å². The summed E-state index contributed by atoms with van der Waals surface area (Å²) in [7, 11) is 3.82. The molecule has 1 aromatic rings. The van der Waals surface area contributed by atoms with Gasteiger partial charge in [-0.3, -0.25) is 9.59 Å². The summed E-state index contributed by atoms with van der Waals surface area (Å²) in [6.07, 6.45) is 0.267. The second kappa shape index (κ2) is 5.76. The molecule has 114 valence electrons. The number of carbonyl (C=O) groups is 2. The number of piperidine rings is 1. The summed E-state index contributed by atoms with van der Waals surface area (Å²) in [5.74, 6) is -1.54. The maximum atomic E-state index is 12.5. The summed E-state index contributed by atoms with van der Waals surface area (Å²) in [5, 5.41) is 9.46. The van der Waals surface area contributed by atoms with Gasteiger partial charge in [0.05, 0.1) is 17.3 Å². The lowest BCUT2D eigenvalue weighted by atomic mass is 9.80. The zero-order valence-corrected chi connectivity index (χ0v) is 12.9. The van der Waals surface area contributed by atoms with Crippen LogP contribution in [0.3, 0.4) is 0 Å². The lowest BCUT2D eigenvalue weighted by molar-refractivity contribution is -0.146. The maximum Gasteiger partial charge on any atom is 0.308 e. The van der Waals surface area contributed by atoms with Crippen LogP contribution in [0.4, 0.5) is 11.4 Å². The van der Waals surface area contributed by atoms with E-state index in [4.69, 9.17) is 0 Å². The molecule has 3 atom stereocenters. The summed E-state index contributed by atoms with van der Waals surface area (Å²) in [5.41, 5.74) is 1.69. The molecule has 1 N–H and O–H groups in total. The minimum Gasteiger partial charge on any atom is -0.481 e.